The molecule has 0 radical (unpaired) electrons. The fraction of sp³-hybridized carbons (Fsp3) is 0.0455. The summed E-state index contributed by atoms with van der Waals surface area (Å²) in [5, 5.41) is 5.89. The van der Waals surface area contributed by atoms with Gasteiger partial charge >= 0.3 is 0 Å². The molecule has 0 aromatic heterocycles. The number of rotatable bonds is 6. The van der Waals surface area contributed by atoms with Crippen LogP contribution in [0, 0.1) is 5.82 Å². The standard InChI is InChI=1S/C22H20FN3O/c23-19-12-10-16(14-17(19)15-25-18-6-2-1-3-7-18)11-13-22(27)26-21-9-5-4-8-20(21)24/h1-14,25H,15,24H2,(H,26,27)/b13-11+. The normalized spacial score (nSPS) is 10.7. The summed E-state index contributed by atoms with van der Waals surface area (Å²) in [6.45, 7) is 0.351. The van der Waals surface area contributed by atoms with E-state index in [2.05, 4.69) is 10.6 Å². The molecule has 0 aliphatic heterocycles. The number of halogens is 1. The molecule has 0 atom stereocenters. The van der Waals surface area contributed by atoms with Crippen LogP contribution in [-0.4, -0.2) is 5.91 Å². The van der Waals surface area contributed by atoms with Crippen molar-refractivity contribution in [3.63, 3.8) is 0 Å². The van der Waals surface area contributed by atoms with Crippen LogP contribution in [0.4, 0.5) is 21.5 Å². The van der Waals surface area contributed by atoms with Gasteiger partial charge in [0.15, 0.2) is 0 Å². The largest absolute Gasteiger partial charge is 0.397 e. The average molecular weight is 361 g/mol. The molecule has 0 saturated carbocycles. The molecule has 4 nitrogen and oxygen atoms in total. The van der Waals surface area contributed by atoms with Crippen LogP contribution in [0.15, 0.2) is 78.9 Å². The summed E-state index contributed by atoms with van der Waals surface area (Å²) in [7, 11) is 0. The molecular weight excluding hydrogens is 341 g/mol. The van der Waals surface area contributed by atoms with Crippen LogP contribution in [0.2, 0.25) is 0 Å². The van der Waals surface area contributed by atoms with Crippen molar-refractivity contribution in [3.05, 3.63) is 95.8 Å². The Bertz CT molecular complexity index is 955. The molecule has 4 N–H and O–H groups in total. The Kier molecular flexibility index (Phi) is 5.84. The van der Waals surface area contributed by atoms with E-state index < -0.39 is 0 Å². The Hall–Kier alpha value is -3.60. The third-order valence-corrected chi connectivity index (χ3v) is 3.97. The van der Waals surface area contributed by atoms with Crippen LogP contribution >= 0.6 is 0 Å². The Morgan fingerprint density at radius 2 is 1.74 bits per heavy atom. The van der Waals surface area contributed by atoms with E-state index in [1.165, 1.54) is 12.1 Å². The fourth-order valence-electron chi connectivity index (χ4n) is 2.54. The van der Waals surface area contributed by atoms with E-state index in [1.54, 1.807) is 42.5 Å². The van der Waals surface area contributed by atoms with Gasteiger partial charge in [0.1, 0.15) is 5.82 Å². The number of hydrogen-bond donors (Lipinski definition) is 3. The van der Waals surface area contributed by atoms with Crippen molar-refractivity contribution < 1.29 is 9.18 Å². The lowest BCUT2D eigenvalue weighted by Gasteiger charge is -2.08. The van der Waals surface area contributed by atoms with Crippen molar-refractivity contribution in [1.82, 2.24) is 0 Å². The molecule has 3 aromatic rings. The number of nitrogen functional groups attached to an aromatic ring is 1. The minimum atomic E-state index is -0.304. The summed E-state index contributed by atoms with van der Waals surface area (Å²) in [6.07, 6.45) is 3.04. The number of carbonyl (C=O) groups excluding carboxylic acids is 1. The van der Waals surface area contributed by atoms with Gasteiger partial charge in [0.2, 0.25) is 5.91 Å². The number of amides is 1. The van der Waals surface area contributed by atoms with E-state index >= 15 is 0 Å². The smallest absolute Gasteiger partial charge is 0.248 e. The molecule has 0 unspecified atom stereocenters. The van der Waals surface area contributed by atoms with Gasteiger partial charge in [-0.3, -0.25) is 4.79 Å². The van der Waals surface area contributed by atoms with Crippen molar-refractivity contribution in [3.8, 4) is 0 Å². The Morgan fingerprint density at radius 1 is 1.00 bits per heavy atom. The number of hydrogen-bond acceptors (Lipinski definition) is 3. The fourth-order valence-corrected chi connectivity index (χ4v) is 2.54. The highest BCUT2D eigenvalue weighted by molar-refractivity contribution is 6.03. The Labute approximate surface area is 157 Å². The molecule has 0 heterocycles. The Morgan fingerprint density at radius 3 is 2.52 bits per heavy atom. The lowest BCUT2D eigenvalue weighted by molar-refractivity contribution is -0.111. The van der Waals surface area contributed by atoms with Crippen LogP contribution in [0.1, 0.15) is 11.1 Å². The zero-order valence-corrected chi connectivity index (χ0v) is 14.7. The second-order valence-corrected chi connectivity index (χ2v) is 5.98. The predicted octanol–water partition coefficient (Wildman–Crippen LogP) is 4.67. The van der Waals surface area contributed by atoms with Crippen molar-refractivity contribution >= 4 is 29.0 Å². The van der Waals surface area contributed by atoms with Crippen LogP contribution < -0.4 is 16.4 Å². The van der Waals surface area contributed by atoms with E-state index in [9.17, 15) is 9.18 Å². The summed E-state index contributed by atoms with van der Waals surface area (Å²) in [4.78, 5) is 12.1. The number of carbonyl (C=O) groups is 1. The molecule has 27 heavy (non-hydrogen) atoms. The second kappa shape index (κ2) is 8.67. The molecule has 0 saturated heterocycles. The number of nitrogens with two attached hydrogens (primary N) is 1. The number of para-hydroxylation sites is 3. The van der Waals surface area contributed by atoms with Gasteiger partial charge in [0.05, 0.1) is 11.4 Å². The van der Waals surface area contributed by atoms with Crippen LogP contribution in [-0.2, 0) is 11.3 Å². The highest BCUT2D eigenvalue weighted by Crippen LogP contribution is 2.17. The monoisotopic (exact) mass is 361 g/mol. The SMILES string of the molecule is Nc1ccccc1NC(=O)/C=C/c1ccc(F)c(CNc2ccccc2)c1. The molecule has 3 aromatic carbocycles. The highest BCUT2D eigenvalue weighted by Gasteiger charge is 2.04. The summed E-state index contributed by atoms with van der Waals surface area (Å²) in [5.74, 6) is -0.599. The third-order valence-electron chi connectivity index (χ3n) is 3.97. The molecule has 5 heteroatoms. The maximum absolute atomic E-state index is 14.0. The molecule has 136 valence electrons. The number of nitrogens with one attached hydrogen (secondary N) is 2. The molecule has 0 bridgehead atoms. The van der Waals surface area contributed by atoms with E-state index in [-0.39, 0.29) is 11.7 Å². The molecule has 1 amide bonds. The molecule has 0 spiro atoms. The Balaban J connectivity index is 1.65. The molecular formula is C22H20FN3O. The van der Waals surface area contributed by atoms with E-state index in [4.69, 9.17) is 5.73 Å². The minimum absolute atomic E-state index is 0.294. The first-order valence-corrected chi connectivity index (χ1v) is 8.53. The van der Waals surface area contributed by atoms with Gasteiger partial charge in [-0.25, -0.2) is 4.39 Å². The van der Waals surface area contributed by atoms with Gasteiger partial charge in [0.25, 0.3) is 0 Å². The maximum atomic E-state index is 14.0. The quantitative estimate of drug-likeness (QED) is 0.441. The van der Waals surface area contributed by atoms with Gasteiger partial charge < -0.3 is 16.4 Å². The third kappa shape index (κ3) is 5.19. The zero-order valence-electron chi connectivity index (χ0n) is 14.7. The maximum Gasteiger partial charge on any atom is 0.248 e. The van der Waals surface area contributed by atoms with Crippen LogP contribution in [0.5, 0.6) is 0 Å². The lowest BCUT2D eigenvalue weighted by Crippen LogP contribution is -2.09. The van der Waals surface area contributed by atoms with Gasteiger partial charge in [0, 0.05) is 23.9 Å². The zero-order chi connectivity index (χ0) is 19.1. The molecule has 3 rings (SSSR count). The first-order valence-electron chi connectivity index (χ1n) is 8.53. The highest BCUT2D eigenvalue weighted by atomic mass is 19.1. The molecule has 0 aliphatic carbocycles. The summed E-state index contributed by atoms with van der Waals surface area (Å²) < 4.78 is 14.0. The summed E-state index contributed by atoms with van der Waals surface area (Å²) in [5.41, 5.74) is 9.03. The van der Waals surface area contributed by atoms with Crippen molar-refractivity contribution in [2.75, 3.05) is 16.4 Å². The lowest BCUT2D eigenvalue weighted by atomic mass is 10.1. The van der Waals surface area contributed by atoms with Crippen molar-refractivity contribution in [2.24, 2.45) is 0 Å². The van der Waals surface area contributed by atoms with Crippen LogP contribution in [0.25, 0.3) is 6.08 Å². The summed E-state index contributed by atoms with van der Waals surface area (Å²) in [6, 6.07) is 21.4. The van der Waals surface area contributed by atoms with Crippen molar-refractivity contribution in [2.45, 2.75) is 6.54 Å². The minimum Gasteiger partial charge on any atom is -0.397 e. The van der Waals surface area contributed by atoms with Crippen LogP contribution in [0.3, 0.4) is 0 Å². The second-order valence-electron chi connectivity index (χ2n) is 5.98. The first-order chi connectivity index (χ1) is 13.1. The van der Waals surface area contributed by atoms with Gasteiger partial charge in [-0.1, -0.05) is 36.4 Å². The van der Waals surface area contributed by atoms with E-state index in [0.717, 1.165) is 11.3 Å². The first kappa shape index (κ1) is 18.2. The number of anilines is 3. The van der Waals surface area contributed by atoms with Gasteiger partial charge in [-0.2, -0.15) is 0 Å². The topological polar surface area (TPSA) is 67.1 Å². The van der Waals surface area contributed by atoms with Crippen molar-refractivity contribution in [1.29, 1.82) is 0 Å². The molecule has 0 aliphatic rings. The van der Waals surface area contributed by atoms with E-state index in [0.29, 0.717) is 23.5 Å². The van der Waals surface area contributed by atoms with Gasteiger partial charge in [-0.15, -0.1) is 0 Å². The van der Waals surface area contributed by atoms with Gasteiger partial charge in [-0.05, 0) is 48.0 Å². The predicted molar refractivity (Wildman–Crippen MR) is 109 cm³/mol. The van der Waals surface area contributed by atoms with E-state index in [1.807, 2.05) is 30.3 Å². The number of benzene rings is 3. The summed E-state index contributed by atoms with van der Waals surface area (Å²) >= 11 is 0. The molecule has 0 fully saturated rings. The average Bonchev–Trinajstić information content (AvgIpc) is 2.69.